The van der Waals surface area contributed by atoms with Crippen LogP contribution in [0.25, 0.3) is 0 Å². The molecule has 2 rings (SSSR count). The molecule has 1 heterocycles. The van der Waals surface area contributed by atoms with Crippen molar-refractivity contribution < 1.29 is 14.6 Å². The van der Waals surface area contributed by atoms with Crippen LogP contribution in [-0.2, 0) is 9.53 Å². The van der Waals surface area contributed by atoms with Crippen LogP contribution in [0.15, 0.2) is 0 Å². The van der Waals surface area contributed by atoms with E-state index in [1.165, 1.54) is 12.8 Å². The predicted molar refractivity (Wildman–Crippen MR) is 51.1 cm³/mol. The summed E-state index contributed by atoms with van der Waals surface area (Å²) in [4.78, 5) is 11.2. The second-order valence-electron chi connectivity index (χ2n) is 4.35. The van der Waals surface area contributed by atoms with Gasteiger partial charge in [-0.2, -0.15) is 0 Å². The molecule has 1 saturated heterocycles. The third kappa shape index (κ3) is 2.07. The number of nitrogens with one attached hydrogen (secondary N) is 1. The summed E-state index contributed by atoms with van der Waals surface area (Å²) in [6.07, 6.45) is 3.68. The highest BCUT2D eigenvalue weighted by atomic mass is 16.5. The molecule has 2 fully saturated rings. The Bertz CT molecular complexity index is 219. The van der Waals surface area contributed by atoms with Crippen molar-refractivity contribution in [3.63, 3.8) is 0 Å². The van der Waals surface area contributed by atoms with Crippen molar-refractivity contribution in [2.45, 2.75) is 31.7 Å². The number of aliphatic carboxylic acids is 1. The maximum Gasteiger partial charge on any atom is 0.311 e. The normalized spacial score (nSPS) is 26.0. The molecule has 0 aromatic rings. The van der Waals surface area contributed by atoms with Gasteiger partial charge in [0.15, 0.2) is 0 Å². The van der Waals surface area contributed by atoms with E-state index in [1.54, 1.807) is 0 Å². The van der Waals surface area contributed by atoms with E-state index in [0.29, 0.717) is 38.6 Å². The minimum atomic E-state index is -0.672. The highest BCUT2D eigenvalue weighted by Crippen LogP contribution is 2.31. The number of carboxylic acids is 1. The first kappa shape index (κ1) is 9.93. The lowest BCUT2D eigenvalue weighted by molar-refractivity contribution is -0.154. The Morgan fingerprint density at radius 1 is 1.43 bits per heavy atom. The van der Waals surface area contributed by atoms with E-state index in [4.69, 9.17) is 4.74 Å². The van der Waals surface area contributed by atoms with Gasteiger partial charge < -0.3 is 15.2 Å². The van der Waals surface area contributed by atoms with Gasteiger partial charge in [-0.25, -0.2) is 0 Å². The zero-order chi connectivity index (χ0) is 10.0. The summed E-state index contributed by atoms with van der Waals surface area (Å²) in [5.74, 6) is -0.672. The molecule has 80 valence electrons. The molecule has 1 aliphatic carbocycles. The summed E-state index contributed by atoms with van der Waals surface area (Å²) < 4.78 is 5.21. The summed E-state index contributed by atoms with van der Waals surface area (Å²) in [5.41, 5.74) is -0.569. The summed E-state index contributed by atoms with van der Waals surface area (Å²) >= 11 is 0. The van der Waals surface area contributed by atoms with Crippen LogP contribution >= 0.6 is 0 Å². The van der Waals surface area contributed by atoms with Crippen LogP contribution in [0.2, 0.25) is 0 Å². The molecular weight excluding hydrogens is 182 g/mol. The van der Waals surface area contributed by atoms with Crippen LogP contribution in [0.3, 0.4) is 0 Å². The molecule has 0 spiro atoms. The Kier molecular flexibility index (Phi) is 2.74. The summed E-state index contributed by atoms with van der Waals surface area (Å²) in [5, 5.41) is 12.5. The smallest absolute Gasteiger partial charge is 0.311 e. The lowest BCUT2D eigenvalue weighted by Crippen LogP contribution is -2.45. The van der Waals surface area contributed by atoms with Crippen LogP contribution in [0, 0.1) is 5.41 Å². The Labute approximate surface area is 83.6 Å². The van der Waals surface area contributed by atoms with Crippen molar-refractivity contribution in [2.24, 2.45) is 5.41 Å². The van der Waals surface area contributed by atoms with Crippen LogP contribution < -0.4 is 5.32 Å². The number of carboxylic acid groups (broad SMARTS) is 1. The van der Waals surface area contributed by atoms with Gasteiger partial charge in [0.2, 0.25) is 0 Å². The van der Waals surface area contributed by atoms with Gasteiger partial charge in [0, 0.05) is 25.8 Å². The second kappa shape index (κ2) is 3.87. The zero-order valence-corrected chi connectivity index (χ0v) is 8.29. The molecule has 0 amide bonds. The van der Waals surface area contributed by atoms with Crippen LogP contribution in [0.1, 0.15) is 25.7 Å². The average Bonchev–Trinajstić information content (AvgIpc) is 2.99. The molecule has 0 aromatic carbocycles. The molecule has 1 aliphatic heterocycles. The van der Waals surface area contributed by atoms with E-state index in [-0.39, 0.29) is 0 Å². The predicted octanol–water partition coefficient (Wildman–Crippen LogP) is 0.620. The topological polar surface area (TPSA) is 58.6 Å². The maximum atomic E-state index is 11.2. The van der Waals surface area contributed by atoms with E-state index >= 15 is 0 Å². The first-order valence-corrected chi connectivity index (χ1v) is 5.27. The molecule has 1 saturated carbocycles. The number of rotatable bonds is 4. The van der Waals surface area contributed by atoms with Gasteiger partial charge in [0.25, 0.3) is 0 Å². The molecule has 2 N–H and O–H groups in total. The fourth-order valence-corrected chi connectivity index (χ4v) is 1.86. The second-order valence-corrected chi connectivity index (χ2v) is 4.35. The van der Waals surface area contributed by atoms with E-state index in [9.17, 15) is 9.90 Å². The van der Waals surface area contributed by atoms with Crippen molar-refractivity contribution in [3.8, 4) is 0 Å². The van der Waals surface area contributed by atoms with Gasteiger partial charge in [0.05, 0.1) is 5.41 Å². The Morgan fingerprint density at radius 3 is 2.57 bits per heavy atom. The molecule has 4 nitrogen and oxygen atoms in total. The van der Waals surface area contributed by atoms with E-state index in [1.807, 2.05) is 0 Å². The first-order chi connectivity index (χ1) is 6.73. The fraction of sp³-hybridized carbons (Fsp3) is 0.900. The van der Waals surface area contributed by atoms with Gasteiger partial charge in [-0.1, -0.05) is 0 Å². The quantitative estimate of drug-likeness (QED) is 0.697. The minimum absolute atomic E-state index is 0.569. The highest BCUT2D eigenvalue weighted by molar-refractivity contribution is 5.75. The molecule has 0 bridgehead atoms. The van der Waals surface area contributed by atoms with Crippen LogP contribution in [0.5, 0.6) is 0 Å². The molecule has 4 heteroatoms. The average molecular weight is 199 g/mol. The van der Waals surface area contributed by atoms with E-state index in [0.717, 1.165) is 0 Å². The SMILES string of the molecule is O=C(O)C1(CNC2CC2)CCOCC1. The fourth-order valence-electron chi connectivity index (χ4n) is 1.86. The number of ether oxygens (including phenoxy) is 1. The molecule has 14 heavy (non-hydrogen) atoms. The van der Waals surface area contributed by atoms with Crippen LogP contribution in [-0.4, -0.2) is 36.9 Å². The first-order valence-electron chi connectivity index (χ1n) is 5.27. The zero-order valence-electron chi connectivity index (χ0n) is 8.29. The summed E-state index contributed by atoms with van der Waals surface area (Å²) in [7, 11) is 0. The van der Waals surface area contributed by atoms with Crippen molar-refractivity contribution in [1.82, 2.24) is 5.32 Å². The molecule has 0 radical (unpaired) electrons. The van der Waals surface area contributed by atoms with Gasteiger partial charge in [0.1, 0.15) is 0 Å². The van der Waals surface area contributed by atoms with Gasteiger partial charge >= 0.3 is 5.97 Å². The lowest BCUT2D eigenvalue weighted by atomic mass is 9.80. The minimum Gasteiger partial charge on any atom is -0.481 e. The Morgan fingerprint density at radius 2 is 2.07 bits per heavy atom. The lowest BCUT2D eigenvalue weighted by Gasteiger charge is -2.33. The van der Waals surface area contributed by atoms with Crippen molar-refractivity contribution in [2.75, 3.05) is 19.8 Å². The van der Waals surface area contributed by atoms with Crippen molar-refractivity contribution in [3.05, 3.63) is 0 Å². The maximum absolute atomic E-state index is 11.2. The highest BCUT2D eigenvalue weighted by Gasteiger charge is 2.41. The summed E-state index contributed by atoms with van der Waals surface area (Å²) in [6.45, 7) is 1.77. The molecule has 0 atom stereocenters. The molecule has 0 aromatic heterocycles. The van der Waals surface area contributed by atoms with E-state index in [2.05, 4.69) is 5.32 Å². The van der Waals surface area contributed by atoms with Gasteiger partial charge in [-0.3, -0.25) is 4.79 Å². The van der Waals surface area contributed by atoms with E-state index < -0.39 is 11.4 Å². The number of carbonyl (C=O) groups is 1. The van der Waals surface area contributed by atoms with Gasteiger partial charge in [-0.05, 0) is 25.7 Å². The largest absolute Gasteiger partial charge is 0.481 e. The van der Waals surface area contributed by atoms with Gasteiger partial charge in [-0.15, -0.1) is 0 Å². The third-order valence-electron chi connectivity index (χ3n) is 3.21. The van der Waals surface area contributed by atoms with Crippen molar-refractivity contribution in [1.29, 1.82) is 0 Å². The Balaban J connectivity index is 1.92. The number of hydrogen-bond acceptors (Lipinski definition) is 3. The monoisotopic (exact) mass is 199 g/mol. The van der Waals surface area contributed by atoms with Crippen molar-refractivity contribution >= 4 is 5.97 Å². The number of hydrogen-bond donors (Lipinski definition) is 2. The Hall–Kier alpha value is -0.610. The third-order valence-corrected chi connectivity index (χ3v) is 3.21. The molecule has 2 aliphatic rings. The molecule has 0 unspecified atom stereocenters. The van der Waals surface area contributed by atoms with Crippen LogP contribution in [0.4, 0.5) is 0 Å². The summed E-state index contributed by atoms with van der Waals surface area (Å²) in [6, 6.07) is 0.578. The standard InChI is InChI=1S/C10H17NO3/c12-9(13)10(3-5-14-6-4-10)7-11-8-1-2-8/h8,11H,1-7H2,(H,12,13). The molecular formula is C10H17NO3.